The van der Waals surface area contributed by atoms with E-state index in [1.165, 1.54) is 18.4 Å². The van der Waals surface area contributed by atoms with E-state index in [2.05, 4.69) is 11.4 Å². The summed E-state index contributed by atoms with van der Waals surface area (Å²) in [6, 6.07) is 8.21. The monoisotopic (exact) mass is 249 g/mol. The molecule has 3 heteroatoms. The second kappa shape index (κ2) is 7.39. The van der Waals surface area contributed by atoms with E-state index in [0.29, 0.717) is 6.10 Å². The molecular weight excluding hydrogens is 226 g/mol. The fourth-order valence-electron chi connectivity index (χ4n) is 2.35. The number of hydrogen-bond donors (Lipinski definition) is 1. The molecule has 0 amide bonds. The first kappa shape index (κ1) is 13.4. The van der Waals surface area contributed by atoms with Crippen LogP contribution in [-0.4, -0.2) is 26.4 Å². The van der Waals surface area contributed by atoms with Crippen molar-refractivity contribution in [3.63, 3.8) is 0 Å². The van der Waals surface area contributed by atoms with Gasteiger partial charge in [0.15, 0.2) is 0 Å². The summed E-state index contributed by atoms with van der Waals surface area (Å²) in [6.45, 7) is 2.57. The molecule has 0 saturated carbocycles. The Kier molecular flexibility index (Phi) is 5.49. The number of ether oxygens (including phenoxy) is 2. The van der Waals surface area contributed by atoms with E-state index < -0.39 is 0 Å². The Morgan fingerprint density at radius 2 is 2.28 bits per heavy atom. The number of benzene rings is 1. The van der Waals surface area contributed by atoms with Gasteiger partial charge in [-0.2, -0.15) is 0 Å². The normalized spacial score (nSPS) is 19.1. The Labute approximate surface area is 109 Å². The van der Waals surface area contributed by atoms with Gasteiger partial charge in [0, 0.05) is 18.7 Å². The van der Waals surface area contributed by atoms with Gasteiger partial charge in [-0.05, 0) is 38.8 Å². The molecule has 1 aliphatic heterocycles. The Hall–Kier alpha value is -1.06. The van der Waals surface area contributed by atoms with Crippen molar-refractivity contribution < 1.29 is 9.47 Å². The van der Waals surface area contributed by atoms with Crippen LogP contribution in [0.15, 0.2) is 24.3 Å². The third-order valence-electron chi connectivity index (χ3n) is 3.29. The highest BCUT2D eigenvalue weighted by Gasteiger charge is 2.14. The van der Waals surface area contributed by atoms with E-state index in [4.69, 9.17) is 9.47 Å². The number of rotatable bonds is 7. The maximum absolute atomic E-state index is 5.85. The van der Waals surface area contributed by atoms with Crippen molar-refractivity contribution >= 4 is 0 Å². The highest BCUT2D eigenvalue weighted by molar-refractivity contribution is 5.33. The molecule has 18 heavy (non-hydrogen) atoms. The van der Waals surface area contributed by atoms with Crippen molar-refractivity contribution in [3.05, 3.63) is 29.8 Å². The molecule has 0 spiro atoms. The summed E-state index contributed by atoms with van der Waals surface area (Å²) in [5.74, 6) is 0.999. The summed E-state index contributed by atoms with van der Waals surface area (Å²) >= 11 is 0. The van der Waals surface area contributed by atoms with Crippen molar-refractivity contribution in [1.29, 1.82) is 0 Å². The van der Waals surface area contributed by atoms with Crippen molar-refractivity contribution in [3.8, 4) is 5.75 Å². The Bertz CT molecular complexity index is 348. The molecular formula is C15H23NO2. The van der Waals surface area contributed by atoms with E-state index in [-0.39, 0.29) is 0 Å². The fourth-order valence-corrected chi connectivity index (χ4v) is 2.35. The van der Waals surface area contributed by atoms with Gasteiger partial charge < -0.3 is 14.8 Å². The minimum absolute atomic E-state index is 0.473. The third-order valence-corrected chi connectivity index (χ3v) is 3.29. The van der Waals surface area contributed by atoms with Gasteiger partial charge in [-0.25, -0.2) is 0 Å². The summed E-state index contributed by atoms with van der Waals surface area (Å²) in [5, 5.41) is 3.16. The highest BCUT2D eigenvalue weighted by Crippen LogP contribution is 2.20. The van der Waals surface area contributed by atoms with Gasteiger partial charge in [0.25, 0.3) is 0 Å². The van der Waals surface area contributed by atoms with Crippen LogP contribution in [0.5, 0.6) is 5.75 Å². The van der Waals surface area contributed by atoms with Crippen LogP contribution in [0.2, 0.25) is 0 Å². The molecule has 2 rings (SSSR count). The summed E-state index contributed by atoms with van der Waals surface area (Å²) in [6.07, 6.45) is 5.10. The molecule has 100 valence electrons. The average molecular weight is 249 g/mol. The van der Waals surface area contributed by atoms with Crippen molar-refractivity contribution in [2.45, 2.75) is 38.3 Å². The Balaban J connectivity index is 1.72. The second-order valence-corrected chi connectivity index (χ2v) is 4.76. The van der Waals surface area contributed by atoms with Crippen LogP contribution in [0.1, 0.15) is 31.2 Å². The predicted octanol–water partition coefficient (Wildman–Crippen LogP) is 2.74. The molecule has 0 bridgehead atoms. The largest absolute Gasteiger partial charge is 0.493 e. The molecule has 1 saturated heterocycles. The van der Waals surface area contributed by atoms with E-state index in [0.717, 1.165) is 38.3 Å². The predicted molar refractivity (Wildman–Crippen MR) is 72.9 cm³/mol. The summed E-state index contributed by atoms with van der Waals surface area (Å²) < 4.78 is 11.5. The SMILES string of the molecule is CNCc1ccccc1OCCCC1CCCO1. The molecule has 0 aromatic heterocycles. The zero-order chi connectivity index (χ0) is 12.6. The van der Waals surface area contributed by atoms with E-state index in [1.54, 1.807) is 0 Å². The smallest absolute Gasteiger partial charge is 0.123 e. The fraction of sp³-hybridized carbons (Fsp3) is 0.600. The topological polar surface area (TPSA) is 30.5 Å². The van der Waals surface area contributed by atoms with Gasteiger partial charge >= 0.3 is 0 Å². The van der Waals surface area contributed by atoms with Crippen LogP contribution in [0.3, 0.4) is 0 Å². The van der Waals surface area contributed by atoms with E-state index >= 15 is 0 Å². The lowest BCUT2D eigenvalue weighted by atomic mass is 10.1. The maximum atomic E-state index is 5.85. The molecule has 1 aliphatic rings. The van der Waals surface area contributed by atoms with Crippen LogP contribution in [-0.2, 0) is 11.3 Å². The van der Waals surface area contributed by atoms with Gasteiger partial charge in [0.1, 0.15) is 5.75 Å². The van der Waals surface area contributed by atoms with Crippen LogP contribution in [0, 0.1) is 0 Å². The molecule has 1 heterocycles. The first-order valence-electron chi connectivity index (χ1n) is 6.87. The maximum Gasteiger partial charge on any atom is 0.123 e. The molecule has 1 aromatic rings. The van der Waals surface area contributed by atoms with E-state index in [1.807, 2.05) is 25.2 Å². The van der Waals surface area contributed by atoms with Gasteiger partial charge in [-0.1, -0.05) is 18.2 Å². The van der Waals surface area contributed by atoms with Gasteiger partial charge in [-0.3, -0.25) is 0 Å². The van der Waals surface area contributed by atoms with Crippen molar-refractivity contribution in [1.82, 2.24) is 5.32 Å². The summed E-state index contributed by atoms with van der Waals surface area (Å²) in [7, 11) is 1.95. The number of hydrogen-bond acceptors (Lipinski definition) is 3. The first-order chi connectivity index (χ1) is 8.90. The third kappa shape index (κ3) is 4.00. The molecule has 0 radical (unpaired) electrons. The van der Waals surface area contributed by atoms with Gasteiger partial charge in [0.2, 0.25) is 0 Å². The number of nitrogens with one attached hydrogen (secondary N) is 1. The number of para-hydroxylation sites is 1. The van der Waals surface area contributed by atoms with E-state index in [9.17, 15) is 0 Å². The Morgan fingerprint density at radius 3 is 3.06 bits per heavy atom. The molecule has 1 aromatic carbocycles. The second-order valence-electron chi connectivity index (χ2n) is 4.76. The molecule has 3 nitrogen and oxygen atoms in total. The van der Waals surface area contributed by atoms with Crippen LogP contribution in [0.4, 0.5) is 0 Å². The molecule has 1 atom stereocenters. The first-order valence-corrected chi connectivity index (χ1v) is 6.87. The van der Waals surface area contributed by atoms with Crippen LogP contribution < -0.4 is 10.1 Å². The van der Waals surface area contributed by atoms with Crippen molar-refractivity contribution in [2.24, 2.45) is 0 Å². The zero-order valence-electron chi connectivity index (χ0n) is 11.2. The van der Waals surface area contributed by atoms with Crippen LogP contribution >= 0.6 is 0 Å². The zero-order valence-corrected chi connectivity index (χ0v) is 11.2. The molecule has 1 unspecified atom stereocenters. The standard InChI is InChI=1S/C15H23NO2/c1-16-12-13-6-2-3-9-15(13)18-11-5-8-14-7-4-10-17-14/h2-3,6,9,14,16H,4-5,7-8,10-12H2,1H3. The summed E-state index contributed by atoms with van der Waals surface area (Å²) in [4.78, 5) is 0. The average Bonchev–Trinajstić information content (AvgIpc) is 2.90. The minimum Gasteiger partial charge on any atom is -0.493 e. The van der Waals surface area contributed by atoms with Crippen LogP contribution in [0.25, 0.3) is 0 Å². The quantitative estimate of drug-likeness (QED) is 0.754. The molecule has 0 aliphatic carbocycles. The minimum atomic E-state index is 0.473. The lowest BCUT2D eigenvalue weighted by molar-refractivity contribution is 0.0981. The lowest BCUT2D eigenvalue weighted by Gasteiger charge is -2.12. The highest BCUT2D eigenvalue weighted by atomic mass is 16.5. The summed E-state index contributed by atoms with van der Waals surface area (Å²) in [5.41, 5.74) is 1.22. The lowest BCUT2D eigenvalue weighted by Crippen LogP contribution is -2.10. The molecule has 1 fully saturated rings. The Morgan fingerprint density at radius 1 is 1.39 bits per heavy atom. The van der Waals surface area contributed by atoms with Gasteiger partial charge in [-0.15, -0.1) is 0 Å². The molecule has 1 N–H and O–H groups in total. The van der Waals surface area contributed by atoms with Gasteiger partial charge in [0.05, 0.1) is 12.7 Å². The van der Waals surface area contributed by atoms with Crippen molar-refractivity contribution in [2.75, 3.05) is 20.3 Å².